The molecule has 4 aliphatic heterocycles. The van der Waals surface area contributed by atoms with Crippen molar-refractivity contribution in [3.8, 4) is 0 Å². The third-order valence-corrected chi connectivity index (χ3v) is 8.88. The SMILES string of the molecule is CCCC(C)N1CC=C[C@]23O[C@@]4(C)/C=C\CCCOC(=O)[C@H]4[C@H]2C(=O)N([C@@H](CO)Cc2ccccc2)C3C1=O. The minimum absolute atomic E-state index is 0.0426. The monoisotopic (exact) mass is 536 g/mol. The average molecular weight is 537 g/mol. The van der Waals surface area contributed by atoms with Crippen molar-refractivity contribution in [3.63, 3.8) is 0 Å². The van der Waals surface area contributed by atoms with Crippen LogP contribution < -0.4 is 0 Å². The first kappa shape index (κ1) is 27.6. The highest BCUT2D eigenvalue weighted by molar-refractivity contribution is 5.99. The highest BCUT2D eigenvalue weighted by Gasteiger charge is 2.75. The molecule has 2 fully saturated rings. The summed E-state index contributed by atoms with van der Waals surface area (Å²) in [6.07, 6.45) is 11.1. The van der Waals surface area contributed by atoms with E-state index >= 15 is 0 Å². The van der Waals surface area contributed by atoms with Crippen molar-refractivity contribution in [3.05, 3.63) is 60.2 Å². The fraction of sp³-hybridized carbons (Fsp3) is 0.581. The molecule has 4 heterocycles. The predicted octanol–water partition coefficient (Wildman–Crippen LogP) is 3.04. The second-order valence-corrected chi connectivity index (χ2v) is 11.5. The number of nitrogens with zero attached hydrogens (tertiary/aromatic N) is 2. The fourth-order valence-corrected chi connectivity index (χ4v) is 7.09. The summed E-state index contributed by atoms with van der Waals surface area (Å²) in [6.45, 7) is 6.25. The minimum atomic E-state index is -1.36. The molecule has 5 rings (SSSR count). The highest BCUT2D eigenvalue weighted by Crippen LogP contribution is 2.57. The molecule has 8 nitrogen and oxygen atoms in total. The lowest BCUT2D eigenvalue weighted by atomic mass is 9.74. The number of esters is 1. The van der Waals surface area contributed by atoms with Crippen molar-refractivity contribution < 1.29 is 29.0 Å². The summed E-state index contributed by atoms with van der Waals surface area (Å²) < 4.78 is 12.5. The summed E-state index contributed by atoms with van der Waals surface area (Å²) in [6, 6.07) is 7.90. The van der Waals surface area contributed by atoms with Gasteiger partial charge in [0.1, 0.15) is 17.6 Å². The van der Waals surface area contributed by atoms with Crippen LogP contribution in [0.3, 0.4) is 0 Å². The van der Waals surface area contributed by atoms with Crippen LogP contribution >= 0.6 is 0 Å². The number of aliphatic hydroxyl groups is 1. The first-order valence-electron chi connectivity index (χ1n) is 14.3. The standard InChI is InChI=1S/C31H40N2O6/c1-4-12-21(2)32-17-11-16-31-24(25-29(37)38-18-10-6-9-15-30(25,3)39-31)27(35)33(26(31)28(32)36)23(20-34)19-22-13-7-5-8-14-22/h5,7-9,11,13-16,21,23-26,34H,4,6,10,12,17-20H2,1-3H3/b15-9-/t21?,23-,24+,25-,26?,30+,31+/m1/s1. The molecule has 39 heavy (non-hydrogen) atoms. The van der Waals surface area contributed by atoms with Gasteiger partial charge in [-0.3, -0.25) is 14.4 Å². The second kappa shape index (κ2) is 10.9. The van der Waals surface area contributed by atoms with Crippen LogP contribution in [0.5, 0.6) is 0 Å². The van der Waals surface area contributed by atoms with Gasteiger partial charge in [0, 0.05) is 12.6 Å². The Labute approximate surface area is 230 Å². The van der Waals surface area contributed by atoms with E-state index in [1.807, 2.05) is 73.4 Å². The van der Waals surface area contributed by atoms with Crippen LogP contribution in [0.25, 0.3) is 0 Å². The lowest BCUT2D eigenvalue weighted by Gasteiger charge is -2.41. The molecule has 0 aliphatic carbocycles. The Morgan fingerprint density at radius 2 is 1.85 bits per heavy atom. The Morgan fingerprint density at radius 3 is 2.56 bits per heavy atom. The number of ether oxygens (including phenoxy) is 2. The van der Waals surface area contributed by atoms with Crippen LogP contribution in [-0.2, 0) is 30.3 Å². The number of hydrogen-bond acceptors (Lipinski definition) is 6. The van der Waals surface area contributed by atoms with Gasteiger partial charge in [0.05, 0.1) is 30.8 Å². The zero-order chi connectivity index (χ0) is 27.8. The number of likely N-dealkylation sites (tertiary alicyclic amines) is 1. The van der Waals surface area contributed by atoms with Gasteiger partial charge in [0.15, 0.2) is 0 Å². The molecule has 0 saturated carbocycles. The maximum Gasteiger partial charge on any atom is 0.313 e. The largest absolute Gasteiger partial charge is 0.465 e. The van der Waals surface area contributed by atoms with E-state index in [1.165, 1.54) is 4.90 Å². The lowest BCUT2D eigenvalue weighted by Crippen LogP contribution is -2.60. The summed E-state index contributed by atoms with van der Waals surface area (Å²) in [7, 11) is 0. The summed E-state index contributed by atoms with van der Waals surface area (Å²) in [5.41, 5.74) is -1.53. The number of aliphatic hydroxyl groups excluding tert-OH is 1. The zero-order valence-corrected chi connectivity index (χ0v) is 23.1. The summed E-state index contributed by atoms with van der Waals surface area (Å²) in [4.78, 5) is 45.9. The number of benzene rings is 1. The van der Waals surface area contributed by atoms with Crippen molar-refractivity contribution >= 4 is 17.8 Å². The maximum atomic E-state index is 14.5. The van der Waals surface area contributed by atoms with Gasteiger partial charge in [-0.1, -0.05) is 68.0 Å². The molecule has 8 heteroatoms. The fourth-order valence-electron chi connectivity index (χ4n) is 7.09. The molecule has 4 aliphatic rings. The minimum Gasteiger partial charge on any atom is -0.465 e. The molecule has 2 amide bonds. The van der Waals surface area contributed by atoms with E-state index < -0.39 is 41.1 Å². The summed E-state index contributed by atoms with van der Waals surface area (Å²) in [5.74, 6) is -2.91. The molecule has 2 unspecified atom stereocenters. The molecule has 0 aromatic heterocycles. The number of rotatable bonds is 7. The summed E-state index contributed by atoms with van der Waals surface area (Å²) >= 11 is 0. The molecule has 1 aromatic carbocycles. The van der Waals surface area contributed by atoms with Crippen molar-refractivity contribution in [1.29, 1.82) is 0 Å². The Balaban J connectivity index is 1.64. The van der Waals surface area contributed by atoms with Crippen molar-refractivity contribution in [2.45, 2.75) is 82.2 Å². The van der Waals surface area contributed by atoms with Gasteiger partial charge in [-0.15, -0.1) is 0 Å². The summed E-state index contributed by atoms with van der Waals surface area (Å²) in [5, 5.41) is 10.6. The van der Waals surface area contributed by atoms with Crippen LogP contribution in [0.2, 0.25) is 0 Å². The van der Waals surface area contributed by atoms with E-state index in [0.717, 1.165) is 24.8 Å². The number of carbonyl (C=O) groups excluding carboxylic acids is 3. The quantitative estimate of drug-likeness (QED) is 0.425. The van der Waals surface area contributed by atoms with Crippen LogP contribution in [0, 0.1) is 11.8 Å². The molecular formula is C31H40N2O6. The number of carbonyl (C=O) groups is 3. The molecule has 0 bridgehead atoms. The third kappa shape index (κ3) is 4.61. The first-order valence-corrected chi connectivity index (χ1v) is 14.3. The van der Waals surface area contributed by atoms with Gasteiger partial charge in [0.2, 0.25) is 11.8 Å². The van der Waals surface area contributed by atoms with Crippen LogP contribution in [-0.4, -0.2) is 81.8 Å². The van der Waals surface area contributed by atoms with E-state index in [4.69, 9.17) is 9.47 Å². The Bertz CT molecular complexity index is 1150. The van der Waals surface area contributed by atoms with Gasteiger partial charge >= 0.3 is 5.97 Å². The molecule has 1 spiro atoms. The van der Waals surface area contributed by atoms with Gasteiger partial charge in [-0.25, -0.2) is 0 Å². The lowest BCUT2D eigenvalue weighted by molar-refractivity contribution is -0.161. The van der Waals surface area contributed by atoms with Gasteiger partial charge in [-0.2, -0.15) is 0 Å². The predicted molar refractivity (Wildman–Crippen MR) is 145 cm³/mol. The van der Waals surface area contributed by atoms with Gasteiger partial charge in [-0.05, 0) is 45.1 Å². The van der Waals surface area contributed by atoms with Crippen LogP contribution in [0.1, 0.15) is 52.0 Å². The molecule has 210 valence electrons. The van der Waals surface area contributed by atoms with Crippen molar-refractivity contribution in [1.82, 2.24) is 9.80 Å². The van der Waals surface area contributed by atoms with E-state index in [9.17, 15) is 19.5 Å². The van der Waals surface area contributed by atoms with Gasteiger partial charge in [0.25, 0.3) is 0 Å². The molecule has 1 aromatic rings. The molecular weight excluding hydrogens is 496 g/mol. The third-order valence-electron chi connectivity index (χ3n) is 8.88. The highest BCUT2D eigenvalue weighted by atomic mass is 16.6. The molecule has 2 saturated heterocycles. The number of amides is 2. The first-order chi connectivity index (χ1) is 18.8. The average Bonchev–Trinajstić information content (AvgIpc) is 3.27. The van der Waals surface area contributed by atoms with Gasteiger partial charge < -0.3 is 24.4 Å². The number of cyclic esters (lactones) is 1. The number of fused-ring (bicyclic) bond motifs is 2. The van der Waals surface area contributed by atoms with E-state index in [2.05, 4.69) is 6.92 Å². The van der Waals surface area contributed by atoms with Crippen molar-refractivity contribution in [2.24, 2.45) is 11.8 Å². The smallest absolute Gasteiger partial charge is 0.313 e. The molecule has 1 N–H and O–H groups in total. The number of hydrogen-bond donors (Lipinski definition) is 1. The van der Waals surface area contributed by atoms with Crippen LogP contribution in [0.15, 0.2) is 54.6 Å². The Hall–Kier alpha value is -2.97. The number of allylic oxidation sites excluding steroid dienone is 1. The van der Waals surface area contributed by atoms with E-state index in [0.29, 0.717) is 19.4 Å². The maximum absolute atomic E-state index is 14.5. The van der Waals surface area contributed by atoms with Crippen molar-refractivity contribution in [2.75, 3.05) is 19.8 Å². The normalized spacial score (nSPS) is 34.7. The Kier molecular flexibility index (Phi) is 7.71. The molecule has 0 radical (unpaired) electrons. The topological polar surface area (TPSA) is 96.4 Å². The molecule has 7 atom stereocenters. The zero-order valence-electron chi connectivity index (χ0n) is 23.1. The van der Waals surface area contributed by atoms with E-state index in [-0.39, 0.29) is 31.1 Å². The second-order valence-electron chi connectivity index (χ2n) is 11.5. The Morgan fingerprint density at radius 1 is 1.08 bits per heavy atom. The van der Waals surface area contributed by atoms with Crippen LogP contribution in [0.4, 0.5) is 0 Å². The van der Waals surface area contributed by atoms with E-state index in [1.54, 1.807) is 0 Å².